The lowest BCUT2D eigenvalue weighted by molar-refractivity contribution is 0.0599. The minimum atomic E-state index is -3.73. The van der Waals surface area contributed by atoms with E-state index in [1.807, 2.05) is 0 Å². The first-order valence-corrected chi connectivity index (χ1v) is 14.5. The number of hydrogen-bond acceptors (Lipinski definition) is 6. The van der Waals surface area contributed by atoms with Crippen LogP contribution < -0.4 is 0 Å². The van der Waals surface area contributed by atoms with Crippen LogP contribution in [-0.2, 0) is 19.9 Å². The van der Waals surface area contributed by atoms with Gasteiger partial charge in [-0.2, -0.15) is 4.31 Å². The molecule has 34 heavy (non-hydrogen) atoms. The predicted molar refractivity (Wildman–Crippen MR) is 127 cm³/mol. The zero-order chi connectivity index (χ0) is 24.7. The molecule has 0 radical (unpaired) electrons. The first-order valence-electron chi connectivity index (χ1n) is 11.1. The highest BCUT2D eigenvalue weighted by atomic mass is 32.2. The quantitative estimate of drug-likeness (QED) is 0.579. The molecule has 2 heterocycles. The number of hydrogen-bond donors (Lipinski definition) is 0. The minimum Gasteiger partial charge on any atom is -0.339 e. The third-order valence-electron chi connectivity index (χ3n) is 6.94. The SMILES string of the molecule is CC(=O)c1ccc(C(=O)N2CCC3(CC2)CCN(S(=O)(=O)c2ccc(S(C)(=O)=O)cc2)C3)cc1. The summed E-state index contributed by atoms with van der Waals surface area (Å²) < 4.78 is 51.1. The second-order valence-corrected chi connectivity index (χ2v) is 13.2. The maximum Gasteiger partial charge on any atom is 0.253 e. The fourth-order valence-corrected chi connectivity index (χ4v) is 6.91. The normalized spacial score (nSPS) is 18.8. The molecule has 1 spiro atoms. The summed E-state index contributed by atoms with van der Waals surface area (Å²) in [7, 11) is -7.13. The summed E-state index contributed by atoms with van der Waals surface area (Å²) in [6, 6.07) is 12.0. The molecule has 2 fully saturated rings. The summed E-state index contributed by atoms with van der Waals surface area (Å²) in [6.45, 7) is 3.36. The Labute approximate surface area is 200 Å². The lowest BCUT2D eigenvalue weighted by Crippen LogP contribution is -2.44. The van der Waals surface area contributed by atoms with E-state index in [2.05, 4.69) is 0 Å². The fraction of sp³-hybridized carbons (Fsp3) is 0.417. The van der Waals surface area contributed by atoms with Crippen molar-refractivity contribution >= 4 is 31.6 Å². The Hall–Kier alpha value is -2.56. The molecule has 2 aliphatic rings. The fourth-order valence-electron chi connectivity index (χ4n) is 4.73. The zero-order valence-electron chi connectivity index (χ0n) is 19.2. The van der Waals surface area contributed by atoms with Crippen LogP contribution in [0.1, 0.15) is 46.9 Å². The zero-order valence-corrected chi connectivity index (χ0v) is 20.9. The summed E-state index contributed by atoms with van der Waals surface area (Å²) >= 11 is 0. The van der Waals surface area contributed by atoms with E-state index < -0.39 is 19.9 Å². The molecule has 182 valence electrons. The highest BCUT2D eigenvalue weighted by molar-refractivity contribution is 7.90. The van der Waals surface area contributed by atoms with Gasteiger partial charge in [0.25, 0.3) is 5.91 Å². The van der Waals surface area contributed by atoms with Crippen LogP contribution in [0.4, 0.5) is 0 Å². The number of piperidine rings is 1. The second-order valence-electron chi connectivity index (χ2n) is 9.26. The molecular weight excluding hydrogens is 476 g/mol. The van der Waals surface area contributed by atoms with Crippen LogP contribution in [0.25, 0.3) is 0 Å². The van der Waals surface area contributed by atoms with E-state index in [4.69, 9.17) is 0 Å². The number of nitrogens with zero attached hydrogens (tertiary/aromatic N) is 2. The maximum absolute atomic E-state index is 13.1. The van der Waals surface area contributed by atoms with Gasteiger partial charge in [-0.1, -0.05) is 12.1 Å². The Bertz CT molecular complexity index is 1310. The van der Waals surface area contributed by atoms with E-state index in [0.29, 0.717) is 50.1 Å². The predicted octanol–water partition coefficient (Wildman–Crippen LogP) is 2.61. The molecular formula is C24H28N2O6S2. The average molecular weight is 505 g/mol. The highest BCUT2D eigenvalue weighted by Crippen LogP contribution is 2.42. The van der Waals surface area contributed by atoms with Gasteiger partial charge in [-0.05, 0) is 68.0 Å². The van der Waals surface area contributed by atoms with E-state index in [1.165, 1.54) is 35.5 Å². The molecule has 10 heteroatoms. The number of sulfonamides is 1. The second kappa shape index (κ2) is 8.90. The lowest BCUT2D eigenvalue weighted by Gasteiger charge is -2.39. The molecule has 2 saturated heterocycles. The molecule has 0 atom stereocenters. The largest absolute Gasteiger partial charge is 0.339 e. The number of amides is 1. The van der Waals surface area contributed by atoms with Crippen LogP contribution in [0.15, 0.2) is 58.3 Å². The number of benzene rings is 2. The van der Waals surface area contributed by atoms with Crippen LogP contribution >= 0.6 is 0 Å². The lowest BCUT2D eigenvalue weighted by atomic mass is 9.78. The third kappa shape index (κ3) is 4.80. The molecule has 8 nitrogen and oxygen atoms in total. The van der Waals surface area contributed by atoms with Crippen molar-refractivity contribution in [3.63, 3.8) is 0 Å². The van der Waals surface area contributed by atoms with Crippen molar-refractivity contribution in [2.75, 3.05) is 32.4 Å². The van der Waals surface area contributed by atoms with Crippen LogP contribution in [0, 0.1) is 5.41 Å². The Morgan fingerprint density at radius 1 is 0.765 bits per heavy atom. The number of sulfone groups is 1. The molecule has 0 aliphatic carbocycles. The molecule has 0 unspecified atom stereocenters. The van der Waals surface area contributed by atoms with Gasteiger partial charge in [0.2, 0.25) is 10.0 Å². The molecule has 4 rings (SSSR count). The summed E-state index contributed by atoms with van der Waals surface area (Å²) in [5.74, 6) is -0.135. The summed E-state index contributed by atoms with van der Waals surface area (Å²) in [4.78, 5) is 26.3. The molecule has 2 aromatic carbocycles. The minimum absolute atomic E-state index is 0.0500. The van der Waals surface area contributed by atoms with Crippen LogP contribution in [-0.4, -0.2) is 70.2 Å². The van der Waals surface area contributed by atoms with Gasteiger partial charge < -0.3 is 4.90 Å². The van der Waals surface area contributed by atoms with Crippen molar-refractivity contribution in [2.45, 2.75) is 36.0 Å². The van der Waals surface area contributed by atoms with E-state index >= 15 is 0 Å². The Morgan fingerprint density at radius 2 is 1.26 bits per heavy atom. The molecule has 2 aliphatic heterocycles. The summed E-state index contributed by atoms with van der Waals surface area (Å²) in [5.41, 5.74) is 0.927. The third-order valence-corrected chi connectivity index (χ3v) is 9.93. The number of rotatable bonds is 5. The van der Waals surface area contributed by atoms with E-state index in [0.717, 1.165) is 12.7 Å². The maximum atomic E-state index is 13.1. The summed E-state index contributed by atoms with van der Waals surface area (Å²) in [6.07, 6.45) is 3.23. The van der Waals surface area contributed by atoms with Gasteiger partial charge in [0, 0.05) is 43.6 Å². The van der Waals surface area contributed by atoms with Crippen molar-refractivity contribution in [1.29, 1.82) is 0 Å². The number of carbonyl (C=O) groups excluding carboxylic acids is 2. The molecule has 0 aromatic heterocycles. The van der Waals surface area contributed by atoms with Gasteiger partial charge in [0.05, 0.1) is 9.79 Å². The molecule has 0 bridgehead atoms. The van der Waals surface area contributed by atoms with Crippen molar-refractivity contribution in [3.8, 4) is 0 Å². The number of carbonyl (C=O) groups is 2. The van der Waals surface area contributed by atoms with Crippen molar-refractivity contribution in [1.82, 2.24) is 9.21 Å². The molecule has 1 amide bonds. The topological polar surface area (TPSA) is 109 Å². The molecule has 2 aromatic rings. The Balaban J connectivity index is 1.40. The van der Waals surface area contributed by atoms with E-state index in [1.54, 1.807) is 29.2 Å². The number of ketones is 1. The van der Waals surface area contributed by atoms with Gasteiger partial charge in [0.15, 0.2) is 15.6 Å². The first-order chi connectivity index (χ1) is 15.9. The Kier molecular flexibility index (Phi) is 6.43. The monoisotopic (exact) mass is 504 g/mol. The van der Waals surface area contributed by atoms with E-state index in [-0.39, 0.29) is 26.9 Å². The van der Waals surface area contributed by atoms with Gasteiger partial charge in [-0.15, -0.1) is 0 Å². The summed E-state index contributed by atoms with van der Waals surface area (Å²) in [5, 5.41) is 0. The van der Waals surface area contributed by atoms with Gasteiger partial charge >= 0.3 is 0 Å². The highest BCUT2D eigenvalue weighted by Gasteiger charge is 2.45. The number of likely N-dealkylation sites (tertiary alicyclic amines) is 1. The van der Waals surface area contributed by atoms with Crippen LogP contribution in [0.5, 0.6) is 0 Å². The van der Waals surface area contributed by atoms with Gasteiger partial charge in [0.1, 0.15) is 0 Å². The van der Waals surface area contributed by atoms with Crippen LogP contribution in [0.3, 0.4) is 0 Å². The average Bonchev–Trinajstić information content (AvgIpc) is 3.23. The van der Waals surface area contributed by atoms with Crippen molar-refractivity contribution in [3.05, 3.63) is 59.7 Å². The smallest absolute Gasteiger partial charge is 0.253 e. The molecule has 0 N–H and O–H groups in total. The van der Waals surface area contributed by atoms with Crippen molar-refractivity contribution in [2.24, 2.45) is 5.41 Å². The Morgan fingerprint density at radius 3 is 1.79 bits per heavy atom. The van der Waals surface area contributed by atoms with Gasteiger partial charge in [-0.3, -0.25) is 9.59 Å². The molecule has 0 saturated carbocycles. The van der Waals surface area contributed by atoms with Crippen molar-refractivity contribution < 1.29 is 26.4 Å². The standard InChI is InChI=1S/C24H28N2O6S2/c1-18(27)19-3-5-20(6-4-19)23(28)25-14-11-24(12-15-25)13-16-26(17-24)34(31,32)22-9-7-21(8-10-22)33(2,29)30/h3-10H,11-17H2,1-2H3. The number of Topliss-reactive ketones (excluding diaryl/α,β-unsaturated/α-hetero) is 1. The van der Waals surface area contributed by atoms with Crippen LogP contribution in [0.2, 0.25) is 0 Å². The first kappa shape index (κ1) is 24.6. The van der Waals surface area contributed by atoms with Gasteiger partial charge in [-0.25, -0.2) is 16.8 Å². The van der Waals surface area contributed by atoms with E-state index in [9.17, 15) is 26.4 Å².